The second-order valence-corrected chi connectivity index (χ2v) is 3.73. The average molecular weight is 206 g/mol. The zero-order valence-corrected chi connectivity index (χ0v) is 9.79. The van der Waals surface area contributed by atoms with Gasteiger partial charge in [-0.25, -0.2) is 0 Å². The molecule has 0 amide bonds. The third kappa shape index (κ3) is 2.49. The van der Waals surface area contributed by atoms with Gasteiger partial charge < -0.3 is 10.3 Å². The lowest BCUT2D eigenvalue weighted by molar-refractivity contribution is 0.459. The van der Waals surface area contributed by atoms with E-state index in [0.29, 0.717) is 5.82 Å². The lowest BCUT2D eigenvalue weighted by Gasteiger charge is -1.95. The summed E-state index contributed by atoms with van der Waals surface area (Å²) >= 11 is 0. The summed E-state index contributed by atoms with van der Waals surface area (Å²) in [5, 5.41) is 4.61. The highest BCUT2D eigenvalue weighted by Crippen LogP contribution is 2.24. The highest BCUT2D eigenvalue weighted by atomic mass is 16.5. The van der Waals surface area contributed by atoms with E-state index in [9.17, 15) is 0 Å². The van der Waals surface area contributed by atoms with Gasteiger partial charge in [0.05, 0.1) is 5.39 Å². The summed E-state index contributed by atoms with van der Waals surface area (Å²) in [5.74, 6) is 0.469. The van der Waals surface area contributed by atoms with E-state index in [1.165, 1.54) is 12.0 Å². The number of rotatable bonds is 0. The van der Waals surface area contributed by atoms with Gasteiger partial charge in [-0.05, 0) is 31.0 Å². The Morgan fingerprint density at radius 1 is 1.27 bits per heavy atom. The van der Waals surface area contributed by atoms with Crippen LogP contribution in [0.15, 0.2) is 16.7 Å². The van der Waals surface area contributed by atoms with Crippen LogP contribution in [0.4, 0.5) is 5.82 Å². The first kappa shape index (κ1) is 11.6. The van der Waals surface area contributed by atoms with Crippen LogP contribution in [0.1, 0.15) is 31.4 Å². The number of anilines is 1. The van der Waals surface area contributed by atoms with Gasteiger partial charge in [-0.15, -0.1) is 0 Å². The van der Waals surface area contributed by atoms with Crippen LogP contribution >= 0.6 is 0 Å². The van der Waals surface area contributed by atoms with Gasteiger partial charge in [-0.3, -0.25) is 0 Å². The number of hydrogen-bond acceptors (Lipinski definition) is 3. The molecule has 2 N–H and O–H groups in total. The number of nitrogens with two attached hydrogens (primary N) is 1. The normalized spacial score (nSPS) is 9.87. The molecule has 0 aliphatic carbocycles. The highest BCUT2D eigenvalue weighted by Gasteiger charge is 2.07. The number of aromatic nitrogens is 1. The molecule has 0 aliphatic heterocycles. The van der Waals surface area contributed by atoms with Crippen LogP contribution in [0.5, 0.6) is 0 Å². The van der Waals surface area contributed by atoms with Crippen molar-refractivity contribution in [3.63, 3.8) is 0 Å². The van der Waals surface area contributed by atoms with Crippen molar-refractivity contribution in [2.45, 2.75) is 34.1 Å². The van der Waals surface area contributed by atoms with Crippen molar-refractivity contribution in [3.05, 3.63) is 23.3 Å². The molecular formula is C12H18N2O. The molecule has 15 heavy (non-hydrogen) atoms. The summed E-state index contributed by atoms with van der Waals surface area (Å²) in [6, 6.07) is 4.03. The zero-order valence-electron chi connectivity index (χ0n) is 9.79. The predicted octanol–water partition coefficient (Wildman–Crippen LogP) is 3.44. The Bertz CT molecular complexity index is 446. The Labute approximate surface area is 90.2 Å². The van der Waals surface area contributed by atoms with Crippen molar-refractivity contribution in [2.75, 3.05) is 5.73 Å². The molecule has 3 heteroatoms. The van der Waals surface area contributed by atoms with Crippen LogP contribution in [0.2, 0.25) is 0 Å². The third-order valence-electron chi connectivity index (χ3n) is 1.93. The van der Waals surface area contributed by atoms with Gasteiger partial charge in [-0.1, -0.05) is 31.5 Å². The Morgan fingerprint density at radius 2 is 1.87 bits per heavy atom. The topological polar surface area (TPSA) is 52.0 Å². The van der Waals surface area contributed by atoms with Gasteiger partial charge in [0, 0.05) is 0 Å². The lowest BCUT2D eigenvalue weighted by atomic mass is 10.1. The van der Waals surface area contributed by atoms with Crippen LogP contribution in [-0.4, -0.2) is 5.16 Å². The van der Waals surface area contributed by atoms with Crippen LogP contribution in [0.3, 0.4) is 0 Å². The van der Waals surface area contributed by atoms with E-state index in [4.69, 9.17) is 10.3 Å². The van der Waals surface area contributed by atoms with Crippen molar-refractivity contribution in [1.29, 1.82) is 0 Å². The van der Waals surface area contributed by atoms with E-state index >= 15 is 0 Å². The van der Waals surface area contributed by atoms with Crippen LogP contribution in [0.25, 0.3) is 11.0 Å². The van der Waals surface area contributed by atoms with Gasteiger partial charge in [0.25, 0.3) is 0 Å². The molecule has 0 atom stereocenters. The smallest absolute Gasteiger partial charge is 0.174 e. The zero-order chi connectivity index (χ0) is 11.4. The molecule has 0 fully saturated rings. The van der Waals surface area contributed by atoms with Gasteiger partial charge in [-0.2, -0.15) is 0 Å². The number of nitrogens with zero attached hydrogens (tertiary/aromatic N) is 1. The van der Waals surface area contributed by atoms with E-state index in [2.05, 4.69) is 19.0 Å². The molecule has 0 unspecified atom stereocenters. The minimum absolute atomic E-state index is 0.469. The Morgan fingerprint density at radius 3 is 2.47 bits per heavy atom. The Kier molecular flexibility index (Phi) is 3.72. The minimum Gasteiger partial charge on any atom is -0.380 e. The first-order valence-electron chi connectivity index (χ1n) is 5.22. The largest absolute Gasteiger partial charge is 0.380 e. The van der Waals surface area contributed by atoms with E-state index in [1.54, 1.807) is 0 Å². The highest BCUT2D eigenvalue weighted by molar-refractivity contribution is 5.89. The number of benzene rings is 1. The molecule has 2 rings (SSSR count). The molecule has 1 heterocycles. The van der Waals surface area contributed by atoms with Crippen molar-refractivity contribution in [1.82, 2.24) is 5.16 Å². The van der Waals surface area contributed by atoms with Crippen molar-refractivity contribution < 1.29 is 4.52 Å². The second kappa shape index (κ2) is 4.82. The predicted molar refractivity (Wildman–Crippen MR) is 63.9 cm³/mol. The quantitative estimate of drug-likeness (QED) is 0.718. The fraction of sp³-hybridized carbons (Fsp3) is 0.417. The maximum absolute atomic E-state index is 5.61. The van der Waals surface area contributed by atoms with E-state index in [-0.39, 0.29) is 0 Å². The third-order valence-corrected chi connectivity index (χ3v) is 1.93. The van der Waals surface area contributed by atoms with E-state index < -0.39 is 0 Å². The van der Waals surface area contributed by atoms with E-state index in [0.717, 1.165) is 16.5 Å². The van der Waals surface area contributed by atoms with Gasteiger partial charge in [0.2, 0.25) is 0 Å². The summed E-state index contributed by atoms with van der Waals surface area (Å²) in [6.07, 6.45) is 1.25. The first-order valence-corrected chi connectivity index (χ1v) is 5.22. The van der Waals surface area contributed by atoms with E-state index in [1.807, 2.05) is 26.0 Å². The summed E-state index contributed by atoms with van der Waals surface area (Å²) in [5.41, 5.74) is 8.65. The standard InChI is InChI=1S/C9H10N2O.C3H8/c1-5-3-6(2)8-7(4-5)9(10)11-12-8;1-3-2/h3-4H,1-2H3,(H2,10,11);3H2,1-2H3. The summed E-state index contributed by atoms with van der Waals surface area (Å²) < 4.78 is 5.06. The lowest BCUT2D eigenvalue weighted by Crippen LogP contribution is -1.84. The molecule has 1 aromatic carbocycles. The van der Waals surface area contributed by atoms with Gasteiger partial charge in [0.15, 0.2) is 11.4 Å². The SMILES string of the molecule is CCC.Cc1cc(C)c2onc(N)c2c1. The Hall–Kier alpha value is -1.51. The summed E-state index contributed by atoms with van der Waals surface area (Å²) in [6.45, 7) is 8.26. The van der Waals surface area contributed by atoms with Crippen LogP contribution in [-0.2, 0) is 0 Å². The van der Waals surface area contributed by atoms with Crippen molar-refractivity contribution in [3.8, 4) is 0 Å². The number of hydrogen-bond donors (Lipinski definition) is 1. The molecule has 0 spiro atoms. The molecular weight excluding hydrogens is 188 g/mol. The molecule has 3 nitrogen and oxygen atoms in total. The van der Waals surface area contributed by atoms with Gasteiger partial charge >= 0.3 is 0 Å². The molecule has 0 saturated heterocycles. The molecule has 0 radical (unpaired) electrons. The molecule has 2 aromatic rings. The molecule has 0 aliphatic rings. The molecule has 82 valence electrons. The first-order chi connectivity index (χ1) is 7.10. The maximum Gasteiger partial charge on any atom is 0.174 e. The maximum atomic E-state index is 5.61. The molecule has 0 saturated carbocycles. The van der Waals surface area contributed by atoms with Crippen molar-refractivity contribution >= 4 is 16.8 Å². The average Bonchev–Trinajstić information content (AvgIpc) is 2.49. The summed E-state index contributed by atoms with van der Waals surface area (Å²) in [7, 11) is 0. The molecule has 0 bridgehead atoms. The van der Waals surface area contributed by atoms with Crippen LogP contribution < -0.4 is 5.73 Å². The fourth-order valence-electron chi connectivity index (χ4n) is 1.41. The summed E-state index contributed by atoms with van der Waals surface area (Å²) in [4.78, 5) is 0. The van der Waals surface area contributed by atoms with Gasteiger partial charge in [0.1, 0.15) is 0 Å². The number of fused-ring (bicyclic) bond motifs is 1. The van der Waals surface area contributed by atoms with Crippen LogP contribution in [0, 0.1) is 13.8 Å². The molecule has 1 aromatic heterocycles. The number of aryl methyl sites for hydroxylation is 2. The monoisotopic (exact) mass is 206 g/mol. The fourth-order valence-corrected chi connectivity index (χ4v) is 1.41. The number of nitrogen functional groups attached to an aromatic ring is 1. The van der Waals surface area contributed by atoms with Crippen molar-refractivity contribution in [2.24, 2.45) is 0 Å². The minimum atomic E-state index is 0.469. The Balaban J connectivity index is 0.000000337. The second-order valence-electron chi connectivity index (χ2n) is 3.73.